The van der Waals surface area contributed by atoms with E-state index in [1.807, 2.05) is 50.2 Å². The first-order chi connectivity index (χ1) is 16.9. The van der Waals surface area contributed by atoms with Crippen molar-refractivity contribution in [2.24, 2.45) is 0 Å². The third-order valence-corrected chi connectivity index (χ3v) is 5.94. The highest BCUT2D eigenvalue weighted by Gasteiger charge is 2.19. The van der Waals surface area contributed by atoms with Crippen LogP contribution in [0, 0.1) is 13.8 Å². The van der Waals surface area contributed by atoms with Crippen LogP contribution in [0.3, 0.4) is 0 Å². The number of halogens is 1. The van der Waals surface area contributed by atoms with Gasteiger partial charge in [-0.3, -0.25) is 9.48 Å². The Kier molecular flexibility index (Phi) is 7.31. The van der Waals surface area contributed by atoms with Crippen molar-refractivity contribution in [1.82, 2.24) is 19.6 Å². The van der Waals surface area contributed by atoms with Crippen LogP contribution in [0.4, 0.5) is 5.69 Å². The van der Waals surface area contributed by atoms with Crippen LogP contribution in [0.25, 0.3) is 0 Å². The molecule has 0 aliphatic carbocycles. The van der Waals surface area contributed by atoms with Crippen LogP contribution in [-0.4, -0.2) is 38.5 Å². The second-order valence-electron chi connectivity index (χ2n) is 7.77. The number of amides is 1. The van der Waals surface area contributed by atoms with E-state index in [1.54, 1.807) is 33.8 Å². The predicted molar refractivity (Wildman–Crippen MR) is 134 cm³/mol. The van der Waals surface area contributed by atoms with Gasteiger partial charge in [-0.15, -0.1) is 0 Å². The van der Waals surface area contributed by atoms with Gasteiger partial charge in [-0.05, 0) is 55.8 Å². The number of nitrogens with one attached hydrogen (secondary N) is 1. The molecule has 2 heterocycles. The van der Waals surface area contributed by atoms with Gasteiger partial charge in [-0.25, -0.2) is 9.48 Å². The number of ether oxygens (including phenoxy) is 2. The molecule has 0 fully saturated rings. The first-order valence-corrected chi connectivity index (χ1v) is 11.6. The zero-order chi connectivity index (χ0) is 24.9. The molecule has 35 heavy (non-hydrogen) atoms. The number of hydrogen-bond acceptors (Lipinski definition) is 6. The normalized spacial score (nSPS) is 10.7. The molecule has 0 radical (unpaired) electrons. The Morgan fingerprint density at radius 1 is 1.03 bits per heavy atom. The van der Waals surface area contributed by atoms with Crippen molar-refractivity contribution in [1.29, 1.82) is 0 Å². The van der Waals surface area contributed by atoms with E-state index in [4.69, 9.17) is 9.47 Å². The first kappa shape index (κ1) is 24.2. The first-order valence-electron chi connectivity index (χ1n) is 10.8. The third-order valence-electron chi connectivity index (χ3n) is 5.41. The summed E-state index contributed by atoms with van der Waals surface area (Å²) in [4.78, 5) is 25.0. The van der Waals surface area contributed by atoms with Crippen LogP contribution in [-0.2, 0) is 18.0 Å². The molecule has 0 unspecified atom stereocenters. The lowest BCUT2D eigenvalue weighted by atomic mass is 10.1. The summed E-state index contributed by atoms with van der Waals surface area (Å²) in [6.07, 6.45) is 1.68. The Balaban J connectivity index is 1.44. The van der Waals surface area contributed by atoms with E-state index in [2.05, 4.69) is 31.4 Å². The van der Waals surface area contributed by atoms with Crippen LogP contribution in [0.2, 0.25) is 0 Å². The average Bonchev–Trinajstić information content (AvgIpc) is 3.44. The Hall–Kier alpha value is -3.92. The van der Waals surface area contributed by atoms with Crippen LogP contribution in [0.1, 0.15) is 37.8 Å². The largest absolute Gasteiger partial charge is 0.471 e. The van der Waals surface area contributed by atoms with Gasteiger partial charge in [0.2, 0.25) is 0 Å². The van der Waals surface area contributed by atoms with Gasteiger partial charge in [0.1, 0.15) is 5.75 Å². The number of anilines is 1. The highest BCUT2D eigenvalue weighted by molar-refractivity contribution is 9.10. The fraction of sp³-hybridized carbons (Fsp3) is 0.200. The fourth-order valence-electron chi connectivity index (χ4n) is 3.56. The molecule has 4 aromatic rings. The Labute approximate surface area is 210 Å². The minimum Gasteiger partial charge on any atom is -0.471 e. The summed E-state index contributed by atoms with van der Waals surface area (Å²) in [6.45, 7) is 4.21. The lowest BCUT2D eigenvalue weighted by Gasteiger charge is -2.10. The van der Waals surface area contributed by atoms with Gasteiger partial charge in [0, 0.05) is 10.7 Å². The van der Waals surface area contributed by atoms with Crippen LogP contribution < -0.4 is 10.1 Å². The molecule has 9 nitrogen and oxygen atoms in total. The average molecular weight is 538 g/mol. The molecule has 0 atom stereocenters. The summed E-state index contributed by atoms with van der Waals surface area (Å²) in [7, 11) is 1.35. The Morgan fingerprint density at radius 3 is 2.51 bits per heavy atom. The van der Waals surface area contributed by atoms with E-state index >= 15 is 0 Å². The maximum Gasteiger partial charge on any atom is 0.338 e. The van der Waals surface area contributed by atoms with Crippen molar-refractivity contribution in [3.8, 4) is 5.75 Å². The number of rotatable bonds is 8. The number of esters is 1. The number of carbonyl (C=O) groups excluding carboxylic acids is 2. The number of methoxy groups -OCH3 is 1. The molecule has 0 bridgehead atoms. The molecular weight excluding hydrogens is 514 g/mol. The standard InChI is InChI=1S/C25H24BrN5O4/c1-16-23(17(2)31(28-16)14-18-6-4-5-7-21(18)25(33)34-3)27-24(32)22-12-13-30(29-22)15-35-20-10-8-19(26)9-11-20/h4-13H,14-15H2,1-3H3,(H,27,32). The van der Waals surface area contributed by atoms with Crippen molar-refractivity contribution >= 4 is 33.5 Å². The zero-order valence-electron chi connectivity index (χ0n) is 19.5. The minimum absolute atomic E-state index is 0.171. The van der Waals surface area contributed by atoms with E-state index in [9.17, 15) is 9.59 Å². The second-order valence-corrected chi connectivity index (χ2v) is 8.69. The van der Waals surface area contributed by atoms with Crippen molar-refractivity contribution in [3.63, 3.8) is 0 Å². The molecule has 0 spiro atoms. The number of hydrogen-bond donors (Lipinski definition) is 1. The predicted octanol–water partition coefficient (Wildman–Crippen LogP) is 4.58. The van der Waals surface area contributed by atoms with E-state index in [-0.39, 0.29) is 18.3 Å². The monoisotopic (exact) mass is 537 g/mol. The summed E-state index contributed by atoms with van der Waals surface area (Å²) in [6, 6.07) is 16.3. The molecular formula is C25H24BrN5O4. The molecule has 1 amide bonds. The molecule has 2 aromatic heterocycles. The zero-order valence-corrected chi connectivity index (χ0v) is 21.1. The summed E-state index contributed by atoms with van der Waals surface area (Å²) < 4.78 is 14.8. The number of carbonyl (C=O) groups is 2. The van der Waals surface area contributed by atoms with Crippen molar-refractivity contribution in [3.05, 3.63) is 93.5 Å². The van der Waals surface area contributed by atoms with E-state index in [0.717, 1.165) is 15.7 Å². The minimum atomic E-state index is -0.407. The molecule has 0 saturated carbocycles. The molecule has 0 saturated heterocycles. The van der Waals surface area contributed by atoms with Gasteiger partial charge in [-0.1, -0.05) is 34.1 Å². The number of benzene rings is 2. The van der Waals surface area contributed by atoms with Crippen LogP contribution in [0.5, 0.6) is 5.75 Å². The van der Waals surface area contributed by atoms with Gasteiger partial charge in [0.05, 0.1) is 36.3 Å². The fourth-order valence-corrected chi connectivity index (χ4v) is 3.83. The molecule has 4 rings (SSSR count). The van der Waals surface area contributed by atoms with Gasteiger partial charge in [0.15, 0.2) is 12.4 Å². The summed E-state index contributed by atoms with van der Waals surface area (Å²) in [5.41, 5.74) is 3.52. The Morgan fingerprint density at radius 2 is 1.77 bits per heavy atom. The number of nitrogens with zero attached hydrogens (tertiary/aromatic N) is 4. The number of aryl methyl sites for hydroxylation is 1. The van der Waals surface area contributed by atoms with Gasteiger partial charge < -0.3 is 14.8 Å². The SMILES string of the molecule is COC(=O)c1ccccc1Cn1nc(C)c(NC(=O)c2ccn(COc3ccc(Br)cc3)n2)c1C. The molecule has 10 heteroatoms. The lowest BCUT2D eigenvalue weighted by molar-refractivity contribution is 0.0599. The van der Waals surface area contributed by atoms with Crippen LogP contribution >= 0.6 is 15.9 Å². The highest BCUT2D eigenvalue weighted by Crippen LogP contribution is 2.22. The van der Waals surface area contributed by atoms with Crippen molar-refractivity contribution in [2.45, 2.75) is 27.1 Å². The maximum absolute atomic E-state index is 12.9. The van der Waals surface area contributed by atoms with E-state index in [1.165, 1.54) is 7.11 Å². The van der Waals surface area contributed by atoms with Gasteiger partial charge >= 0.3 is 5.97 Å². The summed E-state index contributed by atoms with van der Waals surface area (Å²) in [5.74, 6) is -0.0643. The molecule has 180 valence electrons. The third kappa shape index (κ3) is 5.60. The molecule has 0 aliphatic heterocycles. The smallest absolute Gasteiger partial charge is 0.338 e. The maximum atomic E-state index is 12.9. The summed E-state index contributed by atoms with van der Waals surface area (Å²) in [5, 5.41) is 11.8. The van der Waals surface area contributed by atoms with Crippen molar-refractivity contribution in [2.75, 3.05) is 12.4 Å². The number of aromatic nitrogens is 4. The van der Waals surface area contributed by atoms with Crippen molar-refractivity contribution < 1.29 is 19.1 Å². The quantitative estimate of drug-likeness (QED) is 0.330. The molecule has 1 N–H and O–H groups in total. The molecule has 2 aromatic carbocycles. The molecule has 0 aliphatic rings. The Bertz CT molecular complexity index is 1360. The lowest BCUT2D eigenvalue weighted by Crippen LogP contribution is -2.15. The highest BCUT2D eigenvalue weighted by atomic mass is 79.9. The van der Waals surface area contributed by atoms with Crippen LogP contribution in [0.15, 0.2) is 65.3 Å². The summed E-state index contributed by atoms with van der Waals surface area (Å²) >= 11 is 3.39. The van der Waals surface area contributed by atoms with Gasteiger partial charge in [0.25, 0.3) is 5.91 Å². The van der Waals surface area contributed by atoms with E-state index < -0.39 is 5.97 Å². The second kappa shape index (κ2) is 10.6. The van der Waals surface area contributed by atoms with E-state index in [0.29, 0.717) is 29.2 Å². The topological polar surface area (TPSA) is 100 Å². The van der Waals surface area contributed by atoms with Gasteiger partial charge in [-0.2, -0.15) is 10.2 Å².